The molecule has 0 rings (SSSR count). The third kappa shape index (κ3) is 4.61. The molecule has 84 valence electrons. The van der Waals surface area contributed by atoms with Crippen LogP contribution in [0.25, 0.3) is 0 Å². The van der Waals surface area contributed by atoms with Crippen molar-refractivity contribution in [2.45, 2.75) is 52.1 Å². The molecule has 0 heterocycles. The van der Waals surface area contributed by atoms with Gasteiger partial charge in [-0.3, -0.25) is 4.79 Å². The Hall–Kier alpha value is -0.570. The SMILES string of the molecule is CCCC(C)N(C)C(C)CC(=O)OC. The number of rotatable bonds is 6. The van der Waals surface area contributed by atoms with E-state index in [-0.39, 0.29) is 12.0 Å². The first-order valence-electron chi connectivity index (χ1n) is 5.31. The van der Waals surface area contributed by atoms with Gasteiger partial charge in [0.2, 0.25) is 0 Å². The van der Waals surface area contributed by atoms with E-state index in [1.165, 1.54) is 20.0 Å². The molecule has 3 heteroatoms. The Morgan fingerprint density at radius 1 is 1.36 bits per heavy atom. The summed E-state index contributed by atoms with van der Waals surface area (Å²) >= 11 is 0. The van der Waals surface area contributed by atoms with Crippen LogP contribution in [0, 0.1) is 0 Å². The molecular formula is C11H23NO2. The summed E-state index contributed by atoms with van der Waals surface area (Å²) in [5.74, 6) is -0.131. The van der Waals surface area contributed by atoms with Gasteiger partial charge < -0.3 is 9.64 Å². The summed E-state index contributed by atoms with van der Waals surface area (Å²) < 4.78 is 4.65. The number of carbonyl (C=O) groups excluding carboxylic acids is 1. The molecule has 0 amide bonds. The van der Waals surface area contributed by atoms with Gasteiger partial charge in [0, 0.05) is 12.1 Å². The molecule has 0 aliphatic rings. The molecule has 0 saturated carbocycles. The number of hydrogen-bond acceptors (Lipinski definition) is 3. The van der Waals surface area contributed by atoms with Gasteiger partial charge in [0.1, 0.15) is 0 Å². The standard InChI is InChI=1S/C11H23NO2/c1-6-7-9(2)12(4)10(3)8-11(13)14-5/h9-10H,6-8H2,1-5H3. The van der Waals surface area contributed by atoms with Crippen molar-refractivity contribution >= 4 is 5.97 Å². The number of nitrogens with zero attached hydrogens (tertiary/aromatic N) is 1. The third-order valence-corrected chi connectivity index (χ3v) is 2.79. The molecule has 0 fully saturated rings. The van der Waals surface area contributed by atoms with E-state index in [2.05, 4.69) is 37.5 Å². The average molecular weight is 201 g/mol. The second-order valence-electron chi connectivity index (χ2n) is 3.93. The predicted molar refractivity (Wildman–Crippen MR) is 58.2 cm³/mol. The molecule has 0 aromatic heterocycles. The third-order valence-electron chi connectivity index (χ3n) is 2.79. The second kappa shape index (κ2) is 6.82. The van der Waals surface area contributed by atoms with Crippen molar-refractivity contribution in [2.24, 2.45) is 0 Å². The lowest BCUT2D eigenvalue weighted by Crippen LogP contribution is -2.38. The Labute approximate surface area is 87.4 Å². The lowest BCUT2D eigenvalue weighted by molar-refractivity contribution is -0.141. The minimum atomic E-state index is -0.131. The van der Waals surface area contributed by atoms with Crippen LogP contribution in [0.3, 0.4) is 0 Å². The van der Waals surface area contributed by atoms with Crippen LogP contribution >= 0.6 is 0 Å². The first-order chi connectivity index (χ1) is 6.52. The van der Waals surface area contributed by atoms with Crippen LogP contribution in [0.2, 0.25) is 0 Å². The summed E-state index contributed by atoms with van der Waals surface area (Å²) in [6.07, 6.45) is 2.82. The van der Waals surface area contributed by atoms with Gasteiger partial charge in [0.05, 0.1) is 13.5 Å². The second-order valence-corrected chi connectivity index (χ2v) is 3.93. The van der Waals surface area contributed by atoms with Crippen LogP contribution in [0.5, 0.6) is 0 Å². The van der Waals surface area contributed by atoms with Crippen molar-refractivity contribution < 1.29 is 9.53 Å². The first-order valence-corrected chi connectivity index (χ1v) is 5.31. The van der Waals surface area contributed by atoms with E-state index in [9.17, 15) is 4.79 Å². The molecule has 0 aliphatic carbocycles. The van der Waals surface area contributed by atoms with E-state index in [1.54, 1.807) is 0 Å². The Bertz CT molecular complexity index is 171. The van der Waals surface area contributed by atoms with Crippen LogP contribution in [-0.2, 0) is 9.53 Å². The summed E-state index contributed by atoms with van der Waals surface area (Å²) in [7, 11) is 3.50. The van der Waals surface area contributed by atoms with Gasteiger partial charge in [-0.15, -0.1) is 0 Å². The van der Waals surface area contributed by atoms with Gasteiger partial charge in [-0.05, 0) is 27.3 Å². The molecule has 14 heavy (non-hydrogen) atoms. The maximum atomic E-state index is 11.1. The quantitative estimate of drug-likeness (QED) is 0.616. The molecule has 0 aromatic rings. The monoisotopic (exact) mass is 201 g/mol. The topological polar surface area (TPSA) is 29.5 Å². The van der Waals surface area contributed by atoms with E-state index < -0.39 is 0 Å². The maximum absolute atomic E-state index is 11.1. The van der Waals surface area contributed by atoms with E-state index in [0.29, 0.717) is 12.5 Å². The Morgan fingerprint density at radius 3 is 2.36 bits per heavy atom. The van der Waals surface area contributed by atoms with E-state index in [4.69, 9.17) is 0 Å². The van der Waals surface area contributed by atoms with Crippen LogP contribution in [0.4, 0.5) is 0 Å². The number of methoxy groups -OCH3 is 1. The molecule has 2 unspecified atom stereocenters. The largest absolute Gasteiger partial charge is 0.469 e. The summed E-state index contributed by atoms with van der Waals surface area (Å²) in [6, 6.07) is 0.781. The fourth-order valence-electron chi connectivity index (χ4n) is 1.52. The maximum Gasteiger partial charge on any atom is 0.307 e. The van der Waals surface area contributed by atoms with E-state index in [0.717, 1.165) is 0 Å². The van der Waals surface area contributed by atoms with Gasteiger partial charge in [0.25, 0.3) is 0 Å². The summed E-state index contributed by atoms with van der Waals surface area (Å²) in [6.45, 7) is 6.43. The minimum absolute atomic E-state index is 0.131. The molecule has 0 aromatic carbocycles. The smallest absolute Gasteiger partial charge is 0.307 e. The molecular weight excluding hydrogens is 178 g/mol. The van der Waals surface area contributed by atoms with Crippen LogP contribution in [0.15, 0.2) is 0 Å². The zero-order valence-corrected chi connectivity index (χ0v) is 10.0. The van der Waals surface area contributed by atoms with Gasteiger partial charge in [0.15, 0.2) is 0 Å². The number of hydrogen-bond donors (Lipinski definition) is 0. The Kier molecular flexibility index (Phi) is 6.54. The molecule has 0 spiro atoms. The Balaban J connectivity index is 3.97. The molecule has 0 N–H and O–H groups in total. The average Bonchev–Trinajstić information content (AvgIpc) is 2.16. The Morgan fingerprint density at radius 2 is 1.93 bits per heavy atom. The van der Waals surface area contributed by atoms with E-state index >= 15 is 0 Å². The van der Waals surface area contributed by atoms with Crippen LogP contribution < -0.4 is 0 Å². The van der Waals surface area contributed by atoms with Crippen molar-refractivity contribution in [1.29, 1.82) is 0 Å². The highest BCUT2D eigenvalue weighted by molar-refractivity contribution is 5.69. The van der Waals surface area contributed by atoms with Crippen molar-refractivity contribution in [1.82, 2.24) is 4.90 Å². The highest BCUT2D eigenvalue weighted by atomic mass is 16.5. The predicted octanol–water partition coefficient (Wildman–Crippen LogP) is 2.06. The van der Waals surface area contributed by atoms with E-state index in [1.807, 2.05) is 0 Å². The first kappa shape index (κ1) is 13.4. The molecule has 3 nitrogen and oxygen atoms in total. The van der Waals surface area contributed by atoms with Gasteiger partial charge in [-0.25, -0.2) is 0 Å². The normalized spacial score (nSPS) is 15.3. The van der Waals surface area contributed by atoms with Gasteiger partial charge in [-0.1, -0.05) is 13.3 Å². The lowest BCUT2D eigenvalue weighted by Gasteiger charge is -2.30. The molecule has 2 atom stereocenters. The molecule has 0 aliphatic heterocycles. The molecule has 0 bridgehead atoms. The zero-order valence-electron chi connectivity index (χ0n) is 10.0. The van der Waals surface area contributed by atoms with Crippen molar-refractivity contribution in [2.75, 3.05) is 14.2 Å². The fourth-order valence-corrected chi connectivity index (χ4v) is 1.52. The fraction of sp³-hybridized carbons (Fsp3) is 0.909. The highest BCUT2D eigenvalue weighted by Gasteiger charge is 2.17. The number of ether oxygens (including phenoxy) is 1. The van der Waals surface area contributed by atoms with Crippen molar-refractivity contribution in [3.05, 3.63) is 0 Å². The van der Waals surface area contributed by atoms with Crippen LogP contribution in [0.1, 0.15) is 40.0 Å². The van der Waals surface area contributed by atoms with Crippen LogP contribution in [-0.4, -0.2) is 37.1 Å². The minimum Gasteiger partial charge on any atom is -0.469 e. The molecule has 0 radical (unpaired) electrons. The highest BCUT2D eigenvalue weighted by Crippen LogP contribution is 2.10. The van der Waals surface area contributed by atoms with Gasteiger partial charge >= 0.3 is 5.97 Å². The van der Waals surface area contributed by atoms with Crippen molar-refractivity contribution in [3.8, 4) is 0 Å². The number of carbonyl (C=O) groups is 1. The summed E-state index contributed by atoms with van der Waals surface area (Å²) in [5, 5.41) is 0. The summed E-state index contributed by atoms with van der Waals surface area (Å²) in [5.41, 5.74) is 0. The zero-order chi connectivity index (χ0) is 11.1. The van der Waals surface area contributed by atoms with Crippen molar-refractivity contribution in [3.63, 3.8) is 0 Å². The van der Waals surface area contributed by atoms with Gasteiger partial charge in [-0.2, -0.15) is 0 Å². The molecule has 0 saturated heterocycles. The lowest BCUT2D eigenvalue weighted by atomic mass is 10.1. The summed E-state index contributed by atoms with van der Waals surface area (Å²) in [4.78, 5) is 13.3. The number of esters is 1.